The van der Waals surface area contributed by atoms with Crippen molar-refractivity contribution < 1.29 is 22.7 Å². The van der Waals surface area contributed by atoms with Gasteiger partial charge in [-0.2, -0.15) is 18.3 Å². The molecule has 0 radical (unpaired) electrons. The first-order valence-corrected chi connectivity index (χ1v) is 9.21. The number of aromatic nitrogens is 3. The maximum absolute atomic E-state index is 13.5. The van der Waals surface area contributed by atoms with E-state index in [-0.39, 0.29) is 23.1 Å². The second-order valence-corrected chi connectivity index (χ2v) is 7.09. The average Bonchev–Trinajstić information content (AvgIpc) is 3.38. The maximum atomic E-state index is 13.5. The molecule has 0 bridgehead atoms. The third-order valence-electron chi connectivity index (χ3n) is 4.24. The highest BCUT2D eigenvalue weighted by molar-refractivity contribution is 7.13. The predicted octanol–water partition coefficient (Wildman–Crippen LogP) is 3.39. The van der Waals surface area contributed by atoms with Crippen LogP contribution in [0.1, 0.15) is 29.0 Å². The molecule has 1 aliphatic rings. The number of carbonyl (C=O) groups excluding carboxylic acids is 1. The Hall–Kier alpha value is -2.46. The van der Waals surface area contributed by atoms with Crippen molar-refractivity contribution in [3.8, 4) is 10.6 Å². The van der Waals surface area contributed by atoms with E-state index >= 15 is 0 Å². The minimum absolute atomic E-state index is 0.0320. The van der Waals surface area contributed by atoms with E-state index in [4.69, 9.17) is 4.74 Å². The number of nitrogens with one attached hydrogen (secondary N) is 1. The van der Waals surface area contributed by atoms with Crippen LogP contribution in [0.5, 0.6) is 0 Å². The fourth-order valence-corrected chi connectivity index (χ4v) is 3.63. The molecule has 142 valence electrons. The van der Waals surface area contributed by atoms with Crippen molar-refractivity contribution in [2.24, 2.45) is 0 Å². The van der Waals surface area contributed by atoms with E-state index < -0.39 is 17.8 Å². The molecule has 1 N–H and O–H groups in total. The third-order valence-corrected chi connectivity index (χ3v) is 5.13. The van der Waals surface area contributed by atoms with Crippen LogP contribution in [0.25, 0.3) is 16.2 Å². The second kappa shape index (κ2) is 6.93. The summed E-state index contributed by atoms with van der Waals surface area (Å²) < 4.78 is 46.6. The van der Waals surface area contributed by atoms with Crippen molar-refractivity contribution >= 4 is 22.9 Å². The molecule has 1 saturated heterocycles. The van der Waals surface area contributed by atoms with Crippen LogP contribution >= 0.6 is 11.3 Å². The molecular formula is C17H15F3N4O2S. The molecule has 0 aliphatic carbocycles. The lowest BCUT2D eigenvalue weighted by atomic mass is 10.2. The number of carbonyl (C=O) groups is 1. The summed E-state index contributed by atoms with van der Waals surface area (Å²) in [6, 6.07) is 5.63. The summed E-state index contributed by atoms with van der Waals surface area (Å²) >= 11 is 1.29. The first-order chi connectivity index (χ1) is 12.9. The van der Waals surface area contributed by atoms with Gasteiger partial charge >= 0.3 is 6.18 Å². The number of fused-ring (bicyclic) bond motifs is 1. The van der Waals surface area contributed by atoms with Crippen molar-refractivity contribution in [2.45, 2.75) is 25.1 Å². The molecule has 1 amide bonds. The SMILES string of the molecule is O=C(NC[C@@H]1CCCO1)c1cc2nc(-c3cccs3)cc(C(F)(F)F)n2n1. The molecule has 1 aliphatic heterocycles. The van der Waals surface area contributed by atoms with E-state index in [0.717, 1.165) is 18.9 Å². The quantitative estimate of drug-likeness (QED) is 0.734. The molecule has 1 fully saturated rings. The molecule has 0 aromatic carbocycles. The Morgan fingerprint density at radius 1 is 1.41 bits per heavy atom. The van der Waals surface area contributed by atoms with Crippen molar-refractivity contribution in [3.05, 3.63) is 41.0 Å². The van der Waals surface area contributed by atoms with Gasteiger partial charge in [0.25, 0.3) is 5.91 Å². The average molecular weight is 396 g/mol. The van der Waals surface area contributed by atoms with Crippen LogP contribution in [-0.2, 0) is 10.9 Å². The number of nitrogens with zero attached hydrogens (tertiary/aromatic N) is 3. The Labute approximate surface area is 156 Å². The summed E-state index contributed by atoms with van der Waals surface area (Å²) in [5.74, 6) is -0.554. The van der Waals surface area contributed by atoms with Crippen LogP contribution < -0.4 is 5.32 Å². The van der Waals surface area contributed by atoms with Crippen LogP contribution in [0, 0.1) is 0 Å². The van der Waals surface area contributed by atoms with Gasteiger partial charge in [0.05, 0.1) is 16.7 Å². The number of rotatable bonds is 4. The molecule has 3 aromatic rings. The molecule has 10 heteroatoms. The van der Waals surface area contributed by atoms with E-state index in [9.17, 15) is 18.0 Å². The smallest absolute Gasteiger partial charge is 0.376 e. The number of amides is 1. The van der Waals surface area contributed by atoms with E-state index in [2.05, 4.69) is 15.4 Å². The molecule has 3 aromatic heterocycles. The Kier molecular flexibility index (Phi) is 4.60. The zero-order valence-electron chi connectivity index (χ0n) is 14.0. The van der Waals surface area contributed by atoms with Gasteiger partial charge in [0.2, 0.25) is 0 Å². The molecule has 4 rings (SSSR count). The van der Waals surface area contributed by atoms with E-state index in [1.165, 1.54) is 17.4 Å². The highest BCUT2D eigenvalue weighted by Gasteiger charge is 2.35. The summed E-state index contributed by atoms with van der Waals surface area (Å²) in [7, 11) is 0. The lowest BCUT2D eigenvalue weighted by molar-refractivity contribution is -0.142. The first kappa shape index (κ1) is 17.9. The van der Waals surface area contributed by atoms with Gasteiger partial charge in [-0.15, -0.1) is 11.3 Å². The minimum Gasteiger partial charge on any atom is -0.376 e. The standard InChI is InChI=1S/C17H15F3N4O2S/c18-17(19,20)14-7-11(13-4-2-6-27-13)22-15-8-12(23-24(14)15)16(25)21-9-10-3-1-5-26-10/h2,4,6-8,10H,1,3,5,9H2,(H,21,25)/t10-/m0/s1. The predicted molar refractivity (Wildman–Crippen MR) is 92.6 cm³/mol. The van der Waals surface area contributed by atoms with Crippen molar-refractivity contribution in [3.63, 3.8) is 0 Å². The van der Waals surface area contributed by atoms with Crippen molar-refractivity contribution in [1.82, 2.24) is 19.9 Å². The summed E-state index contributed by atoms with van der Waals surface area (Å²) in [5, 5.41) is 8.25. The first-order valence-electron chi connectivity index (χ1n) is 8.33. The summed E-state index contributed by atoms with van der Waals surface area (Å²) in [6.07, 6.45) is -2.93. The number of alkyl halides is 3. The van der Waals surface area contributed by atoms with Gasteiger partial charge < -0.3 is 10.1 Å². The number of halogens is 3. The summed E-state index contributed by atoms with van der Waals surface area (Å²) in [4.78, 5) is 17.1. The van der Waals surface area contributed by atoms with Gasteiger partial charge in [0, 0.05) is 19.2 Å². The second-order valence-electron chi connectivity index (χ2n) is 6.15. The molecule has 6 nitrogen and oxygen atoms in total. The molecule has 0 unspecified atom stereocenters. The zero-order valence-corrected chi connectivity index (χ0v) is 14.8. The van der Waals surface area contributed by atoms with E-state index in [1.54, 1.807) is 17.5 Å². The van der Waals surface area contributed by atoms with Gasteiger partial charge in [0.1, 0.15) is 0 Å². The Morgan fingerprint density at radius 3 is 2.93 bits per heavy atom. The molecule has 1 atom stereocenters. The van der Waals surface area contributed by atoms with Crippen LogP contribution in [0.3, 0.4) is 0 Å². The van der Waals surface area contributed by atoms with Gasteiger partial charge in [0.15, 0.2) is 17.0 Å². The number of thiophene rings is 1. The van der Waals surface area contributed by atoms with Crippen LogP contribution in [0.15, 0.2) is 29.6 Å². The zero-order chi connectivity index (χ0) is 19.0. The maximum Gasteiger partial charge on any atom is 0.433 e. The van der Waals surface area contributed by atoms with Gasteiger partial charge in [-0.3, -0.25) is 4.79 Å². The van der Waals surface area contributed by atoms with Gasteiger partial charge in [-0.1, -0.05) is 6.07 Å². The molecular weight excluding hydrogens is 381 g/mol. The Bertz CT molecular complexity index is 963. The molecule has 4 heterocycles. The lowest BCUT2D eigenvalue weighted by Gasteiger charge is -2.10. The number of hydrogen-bond donors (Lipinski definition) is 1. The highest BCUT2D eigenvalue weighted by Crippen LogP contribution is 2.33. The molecule has 27 heavy (non-hydrogen) atoms. The monoisotopic (exact) mass is 396 g/mol. The number of hydrogen-bond acceptors (Lipinski definition) is 5. The third kappa shape index (κ3) is 3.67. The van der Waals surface area contributed by atoms with Crippen molar-refractivity contribution in [1.29, 1.82) is 0 Å². The van der Waals surface area contributed by atoms with Gasteiger partial charge in [-0.05, 0) is 30.4 Å². The van der Waals surface area contributed by atoms with Crippen LogP contribution in [0.2, 0.25) is 0 Å². The molecule has 0 spiro atoms. The largest absolute Gasteiger partial charge is 0.433 e. The fraction of sp³-hybridized carbons (Fsp3) is 0.353. The Balaban J connectivity index is 1.68. The van der Waals surface area contributed by atoms with E-state index in [1.807, 2.05) is 0 Å². The van der Waals surface area contributed by atoms with E-state index in [0.29, 0.717) is 22.5 Å². The lowest BCUT2D eigenvalue weighted by Crippen LogP contribution is -2.32. The Morgan fingerprint density at radius 2 is 2.26 bits per heavy atom. The van der Waals surface area contributed by atoms with Crippen LogP contribution in [0.4, 0.5) is 13.2 Å². The van der Waals surface area contributed by atoms with Gasteiger partial charge in [-0.25, -0.2) is 9.50 Å². The van der Waals surface area contributed by atoms with Crippen LogP contribution in [-0.4, -0.2) is 39.8 Å². The highest BCUT2D eigenvalue weighted by atomic mass is 32.1. The van der Waals surface area contributed by atoms with Crippen molar-refractivity contribution in [2.75, 3.05) is 13.2 Å². The fourth-order valence-electron chi connectivity index (χ4n) is 2.94. The molecule has 0 saturated carbocycles. The summed E-state index contributed by atoms with van der Waals surface area (Å²) in [6.45, 7) is 0.950. The normalized spacial score (nSPS) is 17.5. The minimum atomic E-state index is -4.63. The number of ether oxygens (including phenoxy) is 1. The summed E-state index contributed by atoms with van der Waals surface area (Å²) in [5.41, 5.74) is -0.935. The topological polar surface area (TPSA) is 68.5 Å².